The van der Waals surface area contributed by atoms with Gasteiger partial charge in [0.25, 0.3) is 0 Å². The summed E-state index contributed by atoms with van der Waals surface area (Å²) in [5.74, 6) is -0.884. The van der Waals surface area contributed by atoms with E-state index in [-0.39, 0.29) is 17.7 Å². The number of aliphatic hydroxyl groups is 1. The lowest BCUT2D eigenvalue weighted by Gasteiger charge is -2.30. The number of nitrogens with zero attached hydrogens (tertiary/aromatic N) is 2. The first-order valence-electron chi connectivity index (χ1n) is 11.6. The number of halogens is 3. The Morgan fingerprint density at radius 3 is 2.65 bits per heavy atom. The molecule has 1 aliphatic carbocycles. The molecule has 0 bridgehead atoms. The second-order valence-corrected chi connectivity index (χ2v) is 9.09. The van der Waals surface area contributed by atoms with E-state index < -0.39 is 23.8 Å². The van der Waals surface area contributed by atoms with Gasteiger partial charge in [-0.1, -0.05) is 25.1 Å². The second-order valence-electron chi connectivity index (χ2n) is 8.75. The van der Waals surface area contributed by atoms with Gasteiger partial charge in [0.1, 0.15) is 17.5 Å². The molecule has 3 atom stereocenters. The second kappa shape index (κ2) is 11.2. The molecule has 8 heteroatoms. The van der Waals surface area contributed by atoms with Gasteiger partial charge in [0.05, 0.1) is 12.1 Å². The molecule has 0 amide bonds. The van der Waals surface area contributed by atoms with Gasteiger partial charge in [-0.25, -0.2) is 18.7 Å². The molecule has 34 heavy (non-hydrogen) atoms. The smallest absolute Gasteiger partial charge is 0.224 e. The zero-order valence-electron chi connectivity index (χ0n) is 19.1. The van der Waals surface area contributed by atoms with Crippen LogP contribution in [0.3, 0.4) is 0 Å². The molecule has 3 aromatic rings. The summed E-state index contributed by atoms with van der Waals surface area (Å²) in [6.07, 6.45) is 4.94. The van der Waals surface area contributed by atoms with Crippen LogP contribution in [0.4, 0.5) is 14.6 Å². The summed E-state index contributed by atoms with van der Waals surface area (Å²) in [5, 5.41) is 17.9. The fraction of sp³-hybridized carbons (Fsp3) is 0.385. The first-order valence-corrected chi connectivity index (χ1v) is 12.0. The van der Waals surface area contributed by atoms with Crippen LogP contribution in [0.1, 0.15) is 48.1 Å². The van der Waals surface area contributed by atoms with E-state index in [1.165, 1.54) is 35.0 Å². The van der Waals surface area contributed by atoms with Crippen LogP contribution in [0.5, 0.6) is 0 Å². The molecule has 0 spiro atoms. The summed E-state index contributed by atoms with van der Waals surface area (Å²) < 4.78 is 27.6. The van der Waals surface area contributed by atoms with E-state index in [9.17, 15) is 13.9 Å². The molecule has 4 rings (SSSR count). The average molecular weight is 487 g/mol. The van der Waals surface area contributed by atoms with Crippen molar-refractivity contribution in [3.8, 4) is 0 Å². The van der Waals surface area contributed by atoms with Crippen molar-refractivity contribution < 1.29 is 13.9 Å². The summed E-state index contributed by atoms with van der Waals surface area (Å²) >= 11 is 5.91. The quantitative estimate of drug-likeness (QED) is 0.370. The van der Waals surface area contributed by atoms with Crippen LogP contribution in [-0.2, 0) is 19.3 Å². The van der Waals surface area contributed by atoms with Crippen molar-refractivity contribution in [3.05, 3.63) is 87.8 Å². The molecule has 1 aromatic heterocycles. The number of aliphatic hydroxyl groups excluding tert-OH is 1. The van der Waals surface area contributed by atoms with Crippen LogP contribution in [0.15, 0.2) is 48.7 Å². The summed E-state index contributed by atoms with van der Waals surface area (Å²) in [5.41, 5.74) is 4.36. The van der Waals surface area contributed by atoms with Gasteiger partial charge in [-0.2, -0.15) is 0 Å². The zero-order chi connectivity index (χ0) is 24.1. The predicted octanol–water partition coefficient (Wildman–Crippen LogP) is 5.02. The van der Waals surface area contributed by atoms with Gasteiger partial charge in [-0.3, -0.25) is 0 Å². The molecule has 0 saturated carbocycles. The molecule has 1 heterocycles. The van der Waals surface area contributed by atoms with Gasteiger partial charge in [-0.05, 0) is 84.2 Å². The Balaban J connectivity index is 1.50. The Morgan fingerprint density at radius 2 is 1.91 bits per heavy atom. The number of rotatable bonds is 9. The SMILES string of the molecule is CCc1ccc2c(c1)[C@@H](NC[C@@H](O)C(Cc1cc(F)cc(F)c1)Nc1ccnc(Cl)n1)CCC2. The first-order chi connectivity index (χ1) is 16.4. The molecular weight excluding hydrogens is 458 g/mol. The van der Waals surface area contributed by atoms with E-state index in [1.807, 2.05) is 0 Å². The average Bonchev–Trinajstić information content (AvgIpc) is 2.81. The number of aromatic nitrogens is 2. The van der Waals surface area contributed by atoms with Crippen LogP contribution in [0.25, 0.3) is 0 Å². The largest absolute Gasteiger partial charge is 0.390 e. The van der Waals surface area contributed by atoms with Crippen molar-refractivity contribution in [2.75, 3.05) is 11.9 Å². The van der Waals surface area contributed by atoms with E-state index in [2.05, 4.69) is 45.7 Å². The molecule has 0 saturated heterocycles. The van der Waals surface area contributed by atoms with Crippen molar-refractivity contribution in [3.63, 3.8) is 0 Å². The maximum Gasteiger partial charge on any atom is 0.224 e. The lowest BCUT2D eigenvalue weighted by atomic mass is 9.86. The van der Waals surface area contributed by atoms with E-state index in [0.717, 1.165) is 31.7 Å². The lowest BCUT2D eigenvalue weighted by Crippen LogP contribution is -2.43. The zero-order valence-corrected chi connectivity index (χ0v) is 19.8. The number of nitrogens with one attached hydrogen (secondary N) is 2. The number of fused-ring (bicyclic) bond motifs is 1. The minimum Gasteiger partial charge on any atom is -0.390 e. The van der Waals surface area contributed by atoms with Crippen LogP contribution in [0, 0.1) is 11.6 Å². The molecule has 180 valence electrons. The third kappa shape index (κ3) is 6.29. The molecule has 0 fully saturated rings. The first kappa shape index (κ1) is 24.5. The summed E-state index contributed by atoms with van der Waals surface area (Å²) in [6, 6.07) is 11.2. The molecule has 3 N–H and O–H groups in total. The number of benzene rings is 2. The minimum absolute atomic E-state index is 0.0682. The monoisotopic (exact) mass is 486 g/mol. The molecule has 0 aliphatic heterocycles. The van der Waals surface area contributed by atoms with Crippen molar-refractivity contribution in [1.29, 1.82) is 0 Å². The highest BCUT2D eigenvalue weighted by atomic mass is 35.5. The molecule has 1 unspecified atom stereocenters. The maximum atomic E-state index is 13.8. The van der Waals surface area contributed by atoms with Gasteiger partial charge in [0, 0.05) is 24.8 Å². The fourth-order valence-electron chi connectivity index (χ4n) is 4.56. The summed E-state index contributed by atoms with van der Waals surface area (Å²) in [4.78, 5) is 8.01. The van der Waals surface area contributed by atoms with Crippen molar-refractivity contribution >= 4 is 17.4 Å². The van der Waals surface area contributed by atoms with Crippen LogP contribution < -0.4 is 10.6 Å². The number of aryl methyl sites for hydroxylation is 2. The third-order valence-electron chi connectivity index (χ3n) is 6.31. The minimum atomic E-state index is -0.861. The molecule has 2 aromatic carbocycles. The van der Waals surface area contributed by atoms with Crippen LogP contribution >= 0.6 is 11.6 Å². The summed E-state index contributed by atoms with van der Waals surface area (Å²) in [6.45, 7) is 2.44. The van der Waals surface area contributed by atoms with E-state index >= 15 is 0 Å². The van der Waals surface area contributed by atoms with Crippen molar-refractivity contribution in [1.82, 2.24) is 15.3 Å². The van der Waals surface area contributed by atoms with Gasteiger partial charge in [-0.15, -0.1) is 0 Å². The van der Waals surface area contributed by atoms with E-state index in [0.29, 0.717) is 17.9 Å². The third-order valence-corrected chi connectivity index (χ3v) is 6.49. The topological polar surface area (TPSA) is 70.1 Å². The normalized spacial score (nSPS) is 17.1. The summed E-state index contributed by atoms with van der Waals surface area (Å²) in [7, 11) is 0. The molecule has 5 nitrogen and oxygen atoms in total. The Kier molecular flexibility index (Phi) is 8.08. The predicted molar refractivity (Wildman–Crippen MR) is 130 cm³/mol. The van der Waals surface area contributed by atoms with Crippen LogP contribution in [-0.4, -0.2) is 33.8 Å². The lowest BCUT2D eigenvalue weighted by molar-refractivity contribution is 0.143. The van der Waals surface area contributed by atoms with Gasteiger partial charge >= 0.3 is 0 Å². The highest BCUT2D eigenvalue weighted by Crippen LogP contribution is 2.31. The van der Waals surface area contributed by atoms with Gasteiger partial charge < -0.3 is 15.7 Å². The Hall–Kier alpha value is -2.61. The van der Waals surface area contributed by atoms with E-state index in [1.54, 1.807) is 6.07 Å². The van der Waals surface area contributed by atoms with Gasteiger partial charge in [0.2, 0.25) is 5.28 Å². The fourth-order valence-corrected chi connectivity index (χ4v) is 4.70. The van der Waals surface area contributed by atoms with Gasteiger partial charge in [0.15, 0.2) is 0 Å². The van der Waals surface area contributed by atoms with Crippen LogP contribution in [0.2, 0.25) is 5.28 Å². The van der Waals surface area contributed by atoms with Crippen molar-refractivity contribution in [2.24, 2.45) is 0 Å². The Labute approximate surface area is 203 Å². The standard InChI is InChI=1S/C26H29ClF2N4O/c1-2-16-6-7-18-4-3-5-22(21(18)12-16)31-15-24(34)23(32-25-8-9-30-26(27)33-25)13-17-10-19(28)14-20(29)11-17/h6-12,14,22-24,31,34H,2-5,13,15H2,1H3,(H,30,32,33)/t22-,23?,24+/m0/s1. The maximum absolute atomic E-state index is 13.8. The Morgan fingerprint density at radius 1 is 1.12 bits per heavy atom. The highest BCUT2D eigenvalue weighted by Gasteiger charge is 2.25. The molecule has 1 aliphatic rings. The molecule has 0 radical (unpaired) electrons. The Bertz CT molecular complexity index is 1110. The van der Waals surface area contributed by atoms with Crippen molar-refractivity contribution in [2.45, 2.75) is 57.2 Å². The number of hydrogen-bond donors (Lipinski definition) is 3. The highest BCUT2D eigenvalue weighted by molar-refractivity contribution is 6.28. The molecular formula is C26H29ClF2N4O. The number of hydrogen-bond acceptors (Lipinski definition) is 5. The number of anilines is 1. The van der Waals surface area contributed by atoms with E-state index in [4.69, 9.17) is 11.6 Å².